The average molecular weight is 323 g/mol. The van der Waals surface area contributed by atoms with Crippen LogP contribution < -0.4 is 4.90 Å². The molecule has 3 rings (SSSR count). The minimum Gasteiger partial charge on any atom is -0.329 e. The molecule has 1 aliphatic rings. The molecule has 1 atom stereocenters. The molecule has 0 bridgehead atoms. The highest BCUT2D eigenvalue weighted by atomic mass is 16.2. The van der Waals surface area contributed by atoms with Crippen molar-refractivity contribution in [3.05, 3.63) is 59.9 Å². The number of aryl methyl sites for hydroxylation is 1. The van der Waals surface area contributed by atoms with Crippen molar-refractivity contribution < 1.29 is 9.59 Å². The monoisotopic (exact) mass is 323 g/mol. The Labute approximate surface area is 141 Å². The van der Waals surface area contributed by atoms with Crippen molar-refractivity contribution in [3.8, 4) is 0 Å². The third-order valence-corrected chi connectivity index (χ3v) is 4.33. The fourth-order valence-corrected chi connectivity index (χ4v) is 2.94. The van der Waals surface area contributed by atoms with Gasteiger partial charge >= 0.3 is 0 Å². The third kappa shape index (κ3) is 3.45. The van der Waals surface area contributed by atoms with Crippen LogP contribution in [0.25, 0.3) is 0 Å². The smallest absolute Gasteiger partial charge is 0.246 e. The standard InChI is InChI=1S/C19H21N3O2/c1-14-5-7-17(8-6-14)22-12-15(2)21(13-19(22)24)18(23)10-16-4-3-9-20-11-16/h3-9,11,15H,10,12-13H2,1-2H3/t15-/m1/s1. The summed E-state index contributed by atoms with van der Waals surface area (Å²) in [6, 6.07) is 11.6. The van der Waals surface area contributed by atoms with Gasteiger partial charge < -0.3 is 9.80 Å². The summed E-state index contributed by atoms with van der Waals surface area (Å²) in [6.07, 6.45) is 3.64. The number of anilines is 1. The van der Waals surface area contributed by atoms with E-state index < -0.39 is 0 Å². The minimum atomic E-state index is -0.0449. The highest BCUT2D eigenvalue weighted by molar-refractivity contribution is 5.98. The lowest BCUT2D eigenvalue weighted by Gasteiger charge is -2.39. The Morgan fingerprint density at radius 2 is 2.00 bits per heavy atom. The molecule has 124 valence electrons. The van der Waals surface area contributed by atoms with Gasteiger partial charge in [0.2, 0.25) is 11.8 Å². The SMILES string of the molecule is Cc1ccc(N2C[C@@H](C)N(C(=O)Cc3cccnc3)CC2=O)cc1. The molecule has 2 amide bonds. The Balaban J connectivity index is 1.70. The maximum Gasteiger partial charge on any atom is 0.246 e. The molecule has 5 nitrogen and oxygen atoms in total. The second-order valence-electron chi connectivity index (χ2n) is 6.25. The van der Waals surface area contributed by atoms with Crippen LogP contribution in [-0.2, 0) is 16.0 Å². The molecular formula is C19H21N3O2. The lowest BCUT2D eigenvalue weighted by atomic mass is 10.1. The van der Waals surface area contributed by atoms with E-state index in [2.05, 4.69) is 4.98 Å². The van der Waals surface area contributed by atoms with E-state index in [0.29, 0.717) is 6.54 Å². The molecule has 1 aliphatic heterocycles. The molecular weight excluding hydrogens is 302 g/mol. The maximum absolute atomic E-state index is 12.5. The number of nitrogens with zero attached hydrogens (tertiary/aromatic N) is 3. The summed E-state index contributed by atoms with van der Waals surface area (Å²) < 4.78 is 0. The van der Waals surface area contributed by atoms with Gasteiger partial charge in [-0.2, -0.15) is 0 Å². The van der Waals surface area contributed by atoms with E-state index in [9.17, 15) is 9.59 Å². The summed E-state index contributed by atoms with van der Waals surface area (Å²) in [5.41, 5.74) is 2.91. The fourth-order valence-electron chi connectivity index (χ4n) is 2.94. The Morgan fingerprint density at radius 1 is 1.25 bits per heavy atom. The quantitative estimate of drug-likeness (QED) is 0.870. The molecule has 0 radical (unpaired) electrons. The van der Waals surface area contributed by atoms with Gasteiger partial charge in [0.15, 0.2) is 0 Å². The van der Waals surface area contributed by atoms with Crippen molar-refractivity contribution in [2.24, 2.45) is 0 Å². The number of hydrogen-bond acceptors (Lipinski definition) is 3. The van der Waals surface area contributed by atoms with E-state index >= 15 is 0 Å². The normalized spacial score (nSPS) is 17.9. The Bertz CT molecular complexity index is 728. The number of rotatable bonds is 3. The maximum atomic E-state index is 12.5. The van der Waals surface area contributed by atoms with Crippen molar-refractivity contribution in [1.82, 2.24) is 9.88 Å². The third-order valence-electron chi connectivity index (χ3n) is 4.33. The number of benzene rings is 1. The van der Waals surface area contributed by atoms with Crippen LogP contribution in [0.2, 0.25) is 0 Å². The Morgan fingerprint density at radius 3 is 2.67 bits per heavy atom. The van der Waals surface area contributed by atoms with Gasteiger partial charge in [0.1, 0.15) is 6.54 Å². The van der Waals surface area contributed by atoms with Crippen LogP contribution in [-0.4, -0.2) is 40.8 Å². The first-order chi connectivity index (χ1) is 11.5. The first kappa shape index (κ1) is 16.2. The number of carbonyl (C=O) groups excluding carboxylic acids is 2. The molecule has 1 fully saturated rings. The summed E-state index contributed by atoms with van der Waals surface area (Å²) in [5, 5.41) is 0. The predicted molar refractivity (Wildman–Crippen MR) is 92.6 cm³/mol. The zero-order valence-corrected chi connectivity index (χ0v) is 14.0. The van der Waals surface area contributed by atoms with E-state index in [1.807, 2.05) is 50.2 Å². The van der Waals surface area contributed by atoms with Gasteiger partial charge in [-0.3, -0.25) is 14.6 Å². The topological polar surface area (TPSA) is 53.5 Å². The predicted octanol–water partition coefficient (Wildman–Crippen LogP) is 2.20. The number of hydrogen-bond donors (Lipinski definition) is 0. The van der Waals surface area contributed by atoms with Crippen LogP contribution in [0.4, 0.5) is 5.69 Å². The van der Waals surface area contributed by atoms with Crippen LogP contribution in [0.15, 0.2) is 48.8 Å². The van der Waals surface area contributed by atoms with Crippen molar-refractivity contribution >= 4 is 17.5 Å². The van der Waals surface area contributed by atoms with Crippen LogP contribution in [0, 0.1) is 6.92 Å². The molecule has 0 spiro atoms. The summed E-state index contributed by atoms with van der Waals surface area (Å²) in [7, 11) is 0. The Kier molecular flexibility index (Phi) is 4.60. The van der Waals surface area contributed by atoms with Crippen LogP contribution >= 0.6 is 0 Å². The first-order valence-electron chi connectivity index (χ1n) is 8.10. The van der Waals surface area contributed by atoms with E-state index in [1.54, 1.807) is 22.2 Å². The first-order valence-corrected chi connectivity index (χ1v) is 8.10. The molecule has 5 heteroatoms. The van der Waals surface area contributed by atoms with E-state index in [4.69, 9.17) is 0 Å². The van der Waals surface area contributed by atoms with Gasteiger partial charge in [-0.05, 0) is 37.6 Å². The molecule has 1 aromatic carbocycles. The number of aromatic nitrogens is 1. The molecule has 1 saturated heterocycles. The van der Waals surface area contributed by atoms with Gasteiger partial charge in [0, 0.05) is 30.7 Å². The lowest BCUT2D eigenvalue weighted by Crippen LogP contribution is -2.57. The van der Waals surface area contributed by atoms with Gasteiger partial charge in [-0.25, -0.2) is 0 Å². The molecule has 0 unspecified atom stereocenters. The van der Waals surface area contributed by atoms with Gasteiger partial charge in [-0.15, -0.1) is 0 Å². The summed E-state index contributed by atoms with van der Waals surface area (Å²) >= 11 is 0. The number of carbonyl (C=O) groups is 2. The van der Waals surface area contributed by atoms with Gasteiger partial charge in [-0.1, -0.05) is 23.8 Å². The average Bonchev–Trinajstić information content (AvgIpc) is 2.58. The van der Waals surface area contributed by atoms with Crippen LogP contribution in [0.5, 0.6) is 0 Å². The molecule has 24 heavy (non-hydrogen) atoms. The summed E-state index contributed by atoms with van der Waals surface area (Å²) in [5.74, 6) is -0.0797. The second kappa shape index (κ2) is 6.83. The highest BCUT2D eigenvalue weighted by Gasteiger charge is 2.33. The van der Waals surface area contributed by atoms with Crippen LogP contribution in [0.3, 0.4) is 0 Å². The zero-order chi connectivity index (χ0) is 17.1. The van der Waals surface area contributed by atoms with E-state index in [1.165, 1.54) is 0 Å². The van der Waals surface area contributed by atoms with Crippen molar-refractivity contribution in [3.63, 3.8) is 0 Å². The van der Waals surface area contributed by atoms with Crippen molar-refractivity contribution in [2.75, 3.05) is 18.0 Å². The second-order valence-corrected chi connectivity index (χ2v) is 6.25. The number of amides is 2. The van der Waals surface area contributed by atoms with E-state index in [-0.39, 0.29) is 30.8 Å². The van der Waals surface area contributed by atoms with E-state index in [0.717, 1.165) is 16.8 Å². The van der Waals surface area contributed by atoms with Crippen molar-refractivity contribution in [1.29, 1.82) is 0 Å². The summed E-state index contributed by atoms with van der Waals surface area (Å²) in [4.78, 5) is 32.5. The zero-order valence-electron chi connectivity index (χ0n) is 14.0. The molecule has 2 heterocycles. The molecule has 0 saturated carbocycles. The number of pyridine rings is 1. The minimum absolute atomic E-state index is 0.0202. The lowest BCUT2D eigenvalue weighted by molar-refractivity contribution is -0.138. The van der Waals surface area contributed by atoms with Crippen molar-refractivity contribution in [2.45, 2.75) is 26.3 Å². The Hall–Kier alpha value is -2.69. The molecule has 1 aromatic heterocycles. The van der Waals surface area contributed by atoms with Crippen LogP contribution in [0.1, 0.15) is 18.1 Å². The highest BCUT2D eigenvalue weighted by Crippen LogP contribution is 2.21. The van der Waals surface area contributed by atoms with Gasteiger partial charge in [0.05, 0.1) is 6.42 Å². The fraction of sp³-hybridized carbons (Fsp3) is 0.316. The largest absolute Gasteiger partial charge is 0.329 e. The number of piperazine rings is 1. The summed E-state index contributed by atoms with van der Waals surface area (Å²) in [6.45, 7) is 4.63. The molecule has 0 N–H and O–H groups in total. The molecule has 0 aliphatic carbocycles. The molecule has 2 aromatic rings. The van der Waals surface area contributed by atoms with Gasteiger partial charge in [0.25, 0.3) is 0 Å².